The fourth-order valence-corrected chi connectivity index (χ4v) is 6.36. The van der Waals surface area contributed by atoms with Crippen molar-refractivity contribution in [2.75, 3.05) is 6.26 Å². The first kappa shape index (κ1) is 35.1. The molecule has 0 N–H and O–H groups in total. The highest BCUT2D eigenvalue weighted by atomic mass is 35.5. The van der Waals surface area contributed by atoms with Gasteiger partial charge in [0.15, 0.2) is 5.82 Å². The predicted molar refractivity (Wildman–Crippen MR) is 162 cm³/mol. The van der Waals surface area contributed by atoms with Crippen LogP contribution >= 0.6 is 23.2 Å². The zero-order valence-electron chi connectivity index (χ0n) is 24.4. The molecule has 0 saturated carbocycles. The molecule has 1 aliphatic rings. The maximum Gasteiger partial charge on any atom is 0.435 e. The van der Waals surface area contributed by atoms with Crippen LogP contribution in [0.25, 0.3) is 0 Å². The Balaban J connectivity index is 1.34. The molecular formula is C31H20Cl2F7N3O4S. The lowest BCUT2D eigenvalue weighted by molar-refractivity contribution is -0.275. The van der Waals surface area contributed by atoms with Crippen LogP contribution in [0.15, 0.2) is 87.3 Å². The van der Waals surface area contributed by atoms with E-state index >= 15 is 0 Å². The van der Waals surface area contributed by atoms with E-state index in [4.69, 9.17) is 32.8 Å². The number of hydrogen-bond acceptors (Lipinski definition) is 6. The summed E-state index contributed by atoms with van der Waals surface area (Å²) in [5.41, 5.74) is -4.21. The largest absolute Gasteiger partial charge is 0.439 e. The Bertz CT molecular complexity index is 2060. The van der Waals surface area contributed by atoms with E-state index in [1.165, 1.54) is 55.6 Å². The first-order valence-electron chi connectivity index (χ1n) is 13.5. The molecule has 7 nitrogen and oxygen atoms in total. The molecule has 0 fully saturated rings. The van der Waals surface area contributed by atoms with Crippen LogP contribution in [0, 0.1) is 12.7 Å². The molecule has 2 heterocycles. The predicted octanol–water partition coefficient (Wildman–Crippen LogP) is 9.53. The van der Waals surface area contributed by atoms with Crippen molar-refractivity contribution in [3.05, 3.63) is 117 Å². The van der Waals surface area contributed by atoms with Crippen molar-refractivity contribution in [1.82, 2.24) is 4.98 Å². The average molecular weight is 734 g/mol. The molecule has 2 unspecified atom stereocenters. The van der Waals surface area contributed by atoms with Crippen LogP contribution in [-0.2, 0) is 26.3 Å². The van der Waals surface area contributed by atoms with E-state index in [1.54, 1.807) is 0 Å². The van der Waals surface area contributed by atoms with Crippen LogP contribution in [0.4, 0.5) is 30.7 Å². The smallest absolute Gasteiger partial charge is 0.435 e. The minimum Gasteiger partial charge on any atom is -0.439 e. The fourth-order valence-electron chi connectivity index (χ4n) is 4.71. The molecule has 0 saturated heterocycles. The van der Waals surface area contributed by atoms with E-state index < -0.39 is 67.0 Å². The first-order chi connectivity index (χ1) is 22.3. The van der Waals surface area contributed by atoms with Crippen LogP contribution in [0.1, 0.15) is 39.0 Å². The molecule has 252 valence electrons. The highest BCUT2D eigenvalue weighted by molar-refractivity contribution is 7.93. The van der Waals surface area contributed by atoms with Crippen LogP contribution < -0.4 is 4.74 Å². The Morgan fingerprint density at radius 3 is 2.21 bits per heavy atom. The number of hydrogen-bond donors (Lipinski definition) is 0. The number of benzene rings is 3. The van der Waals surface area contributed by atoms with Crippen molar-refractivity contribution >= 4 is 44.5 Å². The lowest BCUT2D eigenvalue weighted by atomic mass is 9.86. The number of halogens is 9. The summed E-state index contributed by atoms with van der Waals surface area (Å²) in [5, 5.41) is 2.38. The third-order valence-electron chi connectivity index (χ3n) is 7.23. The topological polar surface area (TPSA) is 90.2 Å². The van der Waals surface area contributed by atoms with E-state index in [0.29, 0.717) is 0 Å². The molecule has 0 bridgehead atoms. The molecule has 1 aromatic heterocycles. The number of pyridine rings is 1. The highest BCUT2D eigenvalue weighted by Gasteiger charge is 2.62. The summed E-state index contributed by atoms with van der Waals surface area (Å²) in [5.74, 6) is -2.21. The van der Waals surface area contributed by atoms with Crippen molar-refractivity contribution in [2.24, 2.45) is 9.52 Å². The van der Waals surface area contributed by atoms with Gasteiger partial charge in [0.2, 0.25) is 5.88 Å². The number of oxime groups is 1. The second-order valence-corrected chi connectivity index (χ2v) is 13.6. The zero-order valence-corrected chi connectivity index (χ0v) is 26.7. The van der Waals surface area contributed by atoms with Gasteiger partial charge in [-0.2, -0.15) is 30.7 Å². The lowest BCUT2D eigenvalue weighted by Crippen LogP contribution is -2.42. The number of nitrogens with zero attached hydrogens (tertiary/aromatic N) is 3. The van der Waals surface area contributed by atoms with Gasteiger partial charge in [-0.05, 0) is 72.6 Å². The molecule has 0 aliphatic carbocycles. The van der Waals surface area contributed by atoms with Crippen molar-refractivity contribution in [3.63, 3.8) is 0 Å². The second-order valence-electron chi connectivity index (χ2n) is 10.6. The molecule has 5 rings (SSSR count). The Labute approximate surface area is 278 Å². The highest BCUT2D eigenvalue weighted by Crippen LogP contribution is 2.50. The number of ether oxygens (including phenoxy) is 1. The molecule has 17 heteroatoms. The third-order valence-corrected chi connectivity index (χ3v) is 9.44. The molecule has 1 aliphatic heterocycles. The van der Waals surface area contributed by atoms with Gasteiger partial charge in [-0.3, -0.25) is 4.79 Å². The quantitative estimate of drug-likeness (QED) is 0.146. The fraction of sp³-hybridized carbons (Fsp3) is 0.194. The van der Waals surface area contributed by atoms with Gasteiger partial charge in [0.05, 0.1) is 31.0 Å². The number of aromatic nitrogens is 1. The van der Waals surface area contributed by atoms with Gasteiger partial charge in [0.25, 0.3) is 11.5 Å². The van der Waals surface area contributed by atoms with Gasteiger partial charge < -0.3 is 9.57 Å². The number of alkyl halides is 6. The summed E-state index contributed by atoms with van der Waals surface area (Å²) in [7, 11) is -3.35. The molecule has 0 spiro atoms. The van der Waals surface area contributed by atoms with Crippen molar-refractivity contribution in [2.45, 2.75) is 36.2 Å². The Kier molecular flexibility index (Phi) is 9.27. The molecule has 3 aromatic carbocycles. The molecule has 4 aromatic rings. The van der Waals surface area contributed by atoms with Gasteiger partial charge in [-0.15, -0.1) is 0 Å². The van der Waals surface area contributed by atoms with Crippen LogP contribution in [0.5, 0.6) is 11.6 Å². The lowest BCUT2D eigenvalue weighted by Gasteiger charge is -2.29. The van der Waals surface area contributed by atoms with E-state index in [2.05, 4.69) is 14.5 Å². The van der Waals surface area contributed by atoms with Crippen molar-refractivity contribution in [1.29, 1.82) is 0 Å². The van der Waals surface area contributed by atoms with Crippen molar-refractivity contribution in [3.8, 4) is 11.6 Å². The molecule has 48 heavy (non-hydrogen) atoms. The number of rotatable bonds is 6. The Hall–Kier alpha value is -4.21. The molecule has 1 amide bonds. The summed E-state index contributed by atoms with van der Waals surface area (Å²) >= 11 is 11.5. The summed E-state index contributed by atoms with van der Waals surface area (Å²) in [4.78, 5) is 21.9. The van der Waals surface area contributed by atoms with Gasteiger partial charge in [0, 0.05) is 41.0 Å². The van der Waals surface area contributed by atoms with E-state index in [-0.39, 0.29) is 38.9 Å². The zero-order chi connectivity index (χ0) is 35.2. The summed E-state index contributed by atoms with van der Waals surface area (Å²) in [6.07, 6.45) is -8.30. The Morgan fingerprint density at radius 2 is 1.62 bits per heavy atom. The maximum absolute atomic E-state index is 14.4. The number of carbonyl (C=O) groups excluding carboxylic acids is 1. The minimum absolute atomic E-state index is 0.00241. The number of aryl methyl sites for hydroxylation is 1. The first-order valence-corrected chi connectivity index (χ1v) is 16.1. The van der Waals surface area contributed by atoms with Crippen LogP contribution in [-0.4, -0.2) is 33.2 Å². The molecular weight excluding hydrogens is 714 g/mol. The molecule has 0 radical (unpaired) electrons. The van der Waals surface area contributed by atoms with E-state index in [9.17, 15) is 39.7 Å². The standard InChI is InChI=1S/C31H20Cl2F7N3O4S/c1-16-11-17(25-15-29(47-42-25,31(38,39)40)19-12-23(32)27(34)24(33)13-19)3-8-22(16)28(44)43-48(2,45)21-6-4-20(5-7-21)46-26-14-18(9-10-41-26)30(35,36)37/h3-14H,15H2,1-2H3. The number of carbonyl (C=O) groups is 1. The average Bonchev–Trinajstić information content (AvgIpc) is 3.47. The van der Waals surface area contributed by atoms with Gasteiger partial charge in [0.1, 0.15) is 5.75 Å². The SMILES string of the molecule is Cc1cc(C2=NOC(c3cc(Cl)c(F)c(Cl)c3)(C(F)(F)F)C2)ccc1C(=O)N=S(C)(=O)c1ccc(Oc2cc(C(F)(F)F)ccn2)cc1. The molecule has 2 atom stereocenters. The normalized spacial score (nSPS) is 17.7. The van der Waals surface area contributed by atoms with Gasteiger partial charge >= 0.3 is 12.4 Å². The number of amides is 1. The summed E-state index contributed by atoms with van der Waals surface area (Å²) in [6.45, 7) is 1.49. The van der Waals surface area contributed by atoms with Crippen LogP contribution in [0.2, 0.25) is 10.0 Å². The Morgan fingerprint density at radius 1 is 0.979 bits per heavy atom. The third kappa shape index (κ3) is 6.98. The summed E-state index contributed by atoms with van der Waals surface area (Å²) in [6, 6.07) is 12.3. The summed E-state index contributed by atoms with van der Waals surface area (Å²) < 4.78 is 119. The van der Waals surface area contributed by atoms with Gasteiger partial charge in [-0.25, -0.2) is 13.6 Å². The second kappa shape index (κ2) is 12.7. The van der Waals surface area contributed by atoms with Gasteiger partial charge in [-0.1, -0.05) is 34.4 Å². The minimum atomic E-state index is -5.02. The monoisotopic (exact) mass is 733 g/mol. The van der Waals surface area contributed by atoms with Crippen LogP contribution in [0.3, 0.4) is 0 Å². The maximum atomic E-state index is 14.4. The van der Waals surface area contributed by atoms with E-state index in [0.717, 1.165) is 30.5 Å². The van der Waals surface area contributed by atoms with E-state index in [1.807, 2.05) is 0 Å². The van der Waals surface area contributed by atoms with Crippen molar-refractivity contribution < 1.29 is 49.3 Å².